The SMILES string of the molecule is COCC(C)CN1CCN(C(C)C(=O)O)CC1. The van der Waals surface area contributed by atoms with Crippen LogP contribution in [0.1, 0.15) is 13.8 Å². The van der Waals surface area contributed by atoms with Crippen LogP contribution in [-0.2, 0) is 9.53 Å². The van der Waals surface area contributed by atoms with E-state index in [1.165, 1.54) is 0 Å². The molecule has 1 N–H and O–H groups in total. The van der Waals surface area contributed by atoms with Gasteiger partial charge in [0.15, 0.2) is 0 Å². The van der Waals surface area contributed by atoms with Gasteiger partial charge in [0.1, 0.15) is 6.04 Å². The van der Waals surface area contributed by atoms with Crippen molar-refractivity contribution < 1.29 is 14.6 Å². The van der Waals surface area contributed by atoms with Crippen LogP contribution in [0.5, 0.6) is 0 Å². The van der Waals surface area contributed by atoms with Gasteiger partial charge in [-0.1, -0.05) is 6.92 Å². The third-order valence-electron chi connectivity index (χ3n) is 3.33. The van der Waals surface area contributed by atoms with E-state index in [1.807, 2.05) is 4.90 Å². The number of carbonyl (C=O) groups is 1. The summed E-state index contributed by atoms with van der Waals surface area (Å²) >= 11 is 0. The van der Waals surface area contributed by atoms with Crippen LogP contribution in [0.25, 0.3) is 0 Å². The van der Waals surface area contributed by atoms with Gasteiger partial charge in [0.05, 0.1) is 0 Å². The number of ether oxygens (including phenoxy) is 1. The summed E-state index contributed by atoms with van der Waals surface area (Å²) in [5.41, 5.74) is 0. The summed E-state index contributed by atoms with van der Waals surface area (Å²) in [5.74, 6) is -0.199. The van der Waals surface area contributed by atoms with Crippen molar-refractivity contribution in [2.75, 3.05) is 46.4 Å². The molecule has 1 heterocycles. The van der Waals surface area contributed by atoms with E-state index < -0.39 is 5.97 Å². The maximum Gasteiger partial charge on any atom is 0.320 e. The van der Waals surface area contributed by atoms with Crippen molar-refractivity contribution in [3.63, 3.8) is 0 Å². The lowest BCUT2D eigenvalue weighted by molar-refractivity contribution is -0.143. The van der Waals surface area contributed by atoms with Gasteiger partial charge < -0.3 is 14.7 Å². The molecule has 0 aromatic heterocycles. The minimum absolute atomic E-state index is 0.367. The van der Waals surface area contributed by atoms with Crippen molar-refractivity contribution in [3.8, 4) is 0 Å². The van der Waals surface area contributed by atoms with Crippen molar-refractivity contribution >= 4 is 5.97 Å². The molecule has 1 rings (SSSR count). The smallest absolute Gasteiger partial charge is 0.320 e. The van der Waals surface area contributed by atoms with Crippen LogP contribution in [0.3, 0.4) is 0 Å². The fraction of sp³-hybridized carbons (Fsp3) is 0.917. The van der Waals surface area contributed by atoms with Crippen LogP contribution in [0.15, 0.2) is 0 Å². The van der Waals surface area contributed by atoms with Crippen molar-refractivity contribution in [2.24, 2.45) is 5.92 Å². The second kappa shape index (κ2) is 6.93. The van der Waals surface area contributed by atoms with Gasteiger partial charge in [-0.25, -0.2) is 0 Å². The zero-order valence-corrected chi connectivity index (χ0v) is 11.1. The molecule has 2 atom stereocenters. The van der Waals surface area contributed by atoms with Gasteiger partial charge >= 0.3 is 5.97 Å². The summed E-state index contributed by atoms with van der Waals surface area (Å²) in [6.45, 7) is 9.33. The molecule has 0 aromatic rings. The fourth-order valence-electron chi connectivity index (χ4n) is 2.27. The van der Waals surface area contributed by atoms with Crippen LogP contribution in [0, 0.1) is 5.92 Å². The van der Waals surface area contributed by atoms with E-state index in [2.05, 4.69) is 11.8 Å². The number of rotatable bonds is 6. The number of piperazine rings is 1. The number of hydrogen-bond acceptors (Lipinski definition) is 4. The first-order valence-electron chi connectivity index (χ1n) is 6.22. The van der Waals surface area contributed by atoms with E-state index in [0.29, 0.717) is 5.92 Å². The van der Waals surface area contributed by atoms with Gasteiger partial charge in [-0.05, 0) is 12.8 Å². The van der Waals surface area contributed by atoms with Gasteiger partial charge in [0, 0.05) is 46.4 Å². The zero-order valence-electron chi connectivity index (χ0n) is 11.1. The Morgan fingerprint density at radius 3 is 2.35 bits per heavy atom. The predicted molar refractivity (Wildman–Crippen MR) is 66.2 cm³/mol. The Morgan fingerprint density at radius 2 is 1.88 bits per heavy atom. The van der Waals surface area contributed by atoms with Gasteiger partial charge in [-0.15, -0.1) is 0 Å². The summed E-state index contributed by atoms with van der Waals surface area (Å²) in [7, 11) is 1.73. The lowest BCUT2D eigenvalue weighted by Crippen LogP contribution is -2.52. The van der Waals surface area contributed by atoms with E-state index in [-0.39, 0.29) is 6.04 Å². The second-order valence-electron chi connectivity index (χ2n) is 4.91. The summed E-state index contributed by atoms with van der Waals surface area (Å²) in [4.78, 5) is 15.3. The molecule has 0 bridgehead atoms. The predicted octanol–water partition coefficient (Wildman–Crippen LogP) is 0.360. The minimum Gasteiger partial charge on any atom is -0.480 e. The summed E-state index contributed by atoms with van der Waals surface area (Å²) < 4.78 is 5.12. The maximum atomic E-state index is 10.9. The number of carboxylic acid groups (broad SMARTS) is 1. The van der Waals surface area contributed by atoms with E-state index in [9.17, 15) is 4.79 Å². The second-order valence-corrected chi connectivity index (χ2v) is 4.91. The van der Waals surface area contributed by atoms with E-state index in [4.69, 9.17) is 9.84 Å². The molecule has 0 aromatic carbocycles. The number of carboxylic acids is 1. The fourth-order valence-corrected chi connectivity index (χ4v) is 2.27. The highest BCUT2D eigenvalue weighted by Gasteiger charge is 2.25. The molecule has 0 amide bonds. The molecular weight excluding hydrogens is 220 g/mol. The minimum atomic E-state index is -0.730. The van der Waals surface area contributed by atoms with E-state index in [1.54, 1.807) is 14.0 Å². The Labute approximate surface area is 103 Å². The van der Waals surface area contributed by atoms with Gasteiger partial charge in [0.25, 0.3) is 0 Å². The van der Waals surface area contributed by atoms with Crippen LogP contribution in [0.2, 0.25) is 0 Å². The normalized spacial score (nSPS) is 22.3. The molecule has 1 fully saturated rings. The highest BCUT2D eigenvalue weighted by molar-refractivity contribution is 5.72. The van der Waals surface area contributed by atoms with Crippen molar-refractivity contribution in [1.82, 2.24) is 9.80 Å². The number of methoxy groups -OCH3 is 1. The lowest BCUT2D eigenvalue weighted by atomic mass is 10.1. The standard InChI is InChI=1S/C12H24N2O3/c1-10(9-17-3)8-13-4-6-14(7-5-13)11(2)12(15)16/h10-11H,4-9H2,1-3H3,(H,15,16). The Bertz CT molecular complexity index is 240. The molecule has 0 spiro atoms. The molecule has 1 aliphatic rings. The zero-order chi connectivity index (χ0) is 12.8. The number of hydrogen-bond donors (Lipinski definition) is 1. The maximum absolute atomic E-state index is 10.9. The Balaban J connectivity index is 2.28. The molecule has 0 radical (unpaired) electrons. The molecule has 0 aliphatic carbocycles. The van der Waals surface area contributed by atoms with Crippen LogP contribution in [0.4, 0.5) is 0 Å². The summed E-state index contributed by atoms with van der Waals surface area (Å²) in [5, 5.41) is 8.94. The quantitative estimate of drug-likeness (QED) is 0.731. The van der Waals surface area contributed by atoms with Crippen molar-refractivity contribution in [2.45, 2.75) is 19.9 Å². The van der Waals surface area contributed by atoms with Crippen LogP contribution in [-0.4, -0.2) is 73.4 Å². The molecule has 5 heteroatoms. The molecule has 100 valence electrons. The molecule has 1 aliphatic heterocycles. The first-order chi connectivity index (χ1) is 8.04. The molecule has 0 saturated carbocycles. The number of nitrogens with zero attached hydrogens (tertiary/aromatic N) is 2. The topological polar surface area (TPSA) is 53.0 Å². The number of aliphatic carboxylic acids is 1. The molecule has 1 saturated heterocycles. The largest absolute Gasteiger partial charge is 0.480 e. The Kier molecular flexibility index (Phi) is 5.88. The van der Waals surface area contributed by atoms with Crippen LogP contribution < -0.4 is 0 Å². The highest BCUT2D eigenvalue weighted by Crippen LogP contribution is 2.09. The van der Waals surface area contributed by atoms with Crippen molar-refractivity contribution in [3.05, 3.63) is 0 Å². The van der Waals surface area contributed by atoms with E-state index in [0.717, 1.165) is 39.3 Å². The molecular formula is C12H24N2O3. The third-order valence-corrected chi connectivity index (χ3v) is 3.33. The first kappa shape index (κ1) is 14.4. The van der Waals surface area contributed by atoms with Crippen LogP contribution >= 0.6 is 0 Å². The monoisotopic (exact) mass is 244 g/mol. The average Bonchev–Trinajstić information content (AvgIpc) is 2.29. The third kappa shape index (κ3) is 4.61. The molecule has 2 unspecified atom stereocenters. The molecule has 5 nitrogen and oxygen atoms in total. The molecule has 17 heavy (non-hydrogen) atoms. The average molecular weight is 244 g/mol. The first-order valence-corrected chi connectivity index (χ1v) is 6.22. The van der Waals surface area contributed by atoms with Gasteiger partial charge in [-0.2, -0.15) is 0 Å². The van der Waals surface area contributed by atoms with Gasteiger partial charge in [0.2, 0.25) is 0 Å². The Morgan fingerprint density at radius 1 is 1.29 bits per heavy atom. The summed E-state index contributed by atoms with van der Waals surface area (Å²) in [6, 6.07) is -0.367. The van der Waals surface area contributed by atoms with E-state index >= 15 is 0 Å². The Hall–Kier alpha value is -0.650. The van der Waals surface area contributed by atoms with Gasteiger partial charge in [-0.3, -0.25) is 9.69 Å². The lowest BCUT2D eigenvalue weighted by Gasteiger charge is -2.37. The van der Waals surface area contributed by atoms with Crippen molar-refractivity contribution in [1.29, 1.82) is 0 Å². The highest BCUT2D eigenvalue weighted by atomic mass is 16.5. The summed E-state index contributed by atoms with van der Waals surface area (Å²) in [6.07, 6.45) is 0.